The predicted molar refractivity (Wildman–Crippen MR) is 87.0 cm³/mol. The van der Waals surface area contributed by atoms with E-state index in [4.69, 9.17) is 9.26 Å². The lowest BCUT2D eigenvalue weighted by Gasteiger charge is -2.33. The number of aryl methyl sites for hydroxylation is 1. The molecule has 1 atom stereocenters. The molecule has 0 radical (unpaired) electrons. The highest BCUT2D eigenvalue weighted by atomic mass is 32.1. The molecule has 4 rings (SSSR count). The van der Waals surface area contributed by atoms with E-state index in [0.717, 1.165) is 15.6 Å². The van der Waals surface area contributed by atoms with Gasteiger partial charge in [0.05, 0.1) is 23.9 Å². The van der Waals surface area contributed by atoms with Crippen molar-refractivity contribution in [3.63, 3.8) is 0 Å². The number of thiazole rings is 1. The fourth-order valence-electron chi connectivity index (χ4n) is 3.48. The molecule has 1 aliphatic carbocycles. The van der Waals surface area contributed by atoms with Crippen LogP contribution in [0.15, 0.2) is 10.9 Å². The van der Waals surface area contributed by atoms with Crippen molar-refractivity contribution in [2.24, 2.45) is 0 Å². The van der Waals surface area contributed by atoms with E-state index >= 15 is 0 Å². The highest BCUT2D eigenvalue weighted by Gasteiger charge is 2.34. The third-order valence-electron chi connectivity index (χ3n) is 4.78. The van der Waals surface area contributed by atoms with Crippen molar-refractivity contribution in [2.75, 3.05) is 19.8 Å². The van der Waals surface area contributed by atoms with Crippen LogP contribution in [-0.4, -0.2) is 45.7 Å². The first kappa shape index (κ1) is 15.7. The minimum atomic E-state index is -0.304. The molecule has 8 heteroatoms. The summed E-state index contributed by atoms with van der Waals surface area (Å²) < 4.78 is 10.3. The molecule has 2 aromatic rings. The average Bonchev–Trinajstić information content (AvgIpc) is 3.35. The van der Waals surface area contributed by atoms with Gasteiger partial charge in [-0.15, -0.1) is 11.3 Å². The van der Waals surface area contributed by atoms with Gasteiger partial charge < -0.3 is 14.2 Å². The fraction of sp³-hybridized carbons (Fsp3) is 0.625. The van der Waals surface area contributed by atoms with Crippen molar-refractivity contribution in [1.82, 2.24) is 20.0 Å². The molecule has 2 aromatic heterocycles. The van der Waals surface area contributed by atoms with E-state index in [1.54, 1.807) is 16.2 Å². The smallest absolute Gasteiger partial charge is 0.266 e. The van der Waals surface area contributed by atoms with Crippen LogP contribution >= 0.6 is 11.3 Å². The first-order valence-electron chi connectivity index (χ1n) is 8.36. The zero-order chi connectivity index (χ0) is 16.5. The van der Waals surface area contributed by atoms with Gasteiger partial charge in [-0.3, -0.25) is 4.79 Å². The van der Waals surface area contributed by atoms with E-state index in [9.17, 15) is 4.79 Å². The number of morpholine rings is 1. The molecular weight excluding hydrogens is 328 g/mol. The molecule has 1 saturated carbocycles. The maximum Gasteiger partial charge on any atom is 0.266 e. The number of ether oxygens (including phenoxy) is 1. The summed E-state index contributed by atoms with van der Waals surface area (Å²) >= 11 is 1.55. The van der Waals surface area contributed by atoms with E-state index in [-0.39, 0.29) is 11.9 Å². The first-order valence-corrected chi connectivity index (χ1v) is 9.18. The Morgan fingerprint density at radius 2 is 2.21 bits per heavy atom. The van der Waals surface area contributed by atoms with E-state index in [2.05, 4.69) is 15.1 Å². The summed E-state index contributed by atoms with van der Waals surface area (Å²) in [6, 6.07) is -0.304. The number of hydrogen-bond donors (Lipinski definition) is 0. The summed E-state index contributed by atoms with van der Waals surface area (Å²) in [5.74, 6) is 1.00. The summed E-state index contributed by atoms with van der Waals surface area (Å²) in [6.07, 6.45) is 6.17. The van der Waals surface area contributed by atoms with Crippen LogP contribution in [0.1, 0.15) is 63.8 Å². The van der Waals surface area contributed by atoms with Gasteiger partial charge in [0.15, 0.2) is 5.82 Å². The molecule has 0 spiro atoms. The zero-order valence-electron chi connectivity index (χ0n) is 13.6. The van der Waals surface area contributed by atoms with Crippen molar-refractivity contribution in [3.8, 4) is 0 Å². The number of nitrogens with zero attached hydrogens (tertiary/aromatic N) is 4. The maximum atomic E-state index is 13.1. The molecule has 24 heavy (non-hydrogen) atoms. The number of amides is 1. The molecular formula is C16H20N4O3S. The van der Waals surface area contributed by atoms with E-state index in [0.29, 0.717) is 31.5 Å². The van der Waals surface area contributed by atoms with Crippen LogP contribution in [0.2, 0.25) is 0 Å². The van der Waals surface area contributed by atoms with Gasteiger partial charge in [0.2, 0.25) is 6.39 Å². The number of hydrogen-bond acceptors (Lipinski definition) is 7. The van der Waals surface area contributed by atoms with Crippen LogP contribution < -0.4 is 0 Å². The first-order chi connectivity index (χ1) is 11.7. The number of carbonyl (C=O) groups excluding carboxylic acids is 1. The van der Waals surface area contributed by atoms with Crippen LogP contribution in [0.5, 0.6) is 0 Å². The molecule has 0 N–H and O–H groups in total. The summed E-state index contributed by atoms with van der Waals surface area (Å²) in [5.41, 5.74) is 0.824. The number of rotatable bonds is 3. The highest BCUT2D eigenvalue weighted by Crippen LogP contribution is 2.38. The maximum absolute atomic E-state index is 13.1. The standard InChI is InChI=1S/C16H20N4O3S/c1-10-13(24-15(18-10)11-4-2-3-5-11)16(21)20-6-7-22-8-12(20)14-17-9-23-19-14/h9,11-12H,2-8H2,1H3. The van der Waals surface area contributed by atoms with Crippen molar-refractivity contribution in [1.29, 1.82) is 0 Å². The van der Waals surface area contributed by atoms with Gasteiger partial charge >= 0.3 is 0 Å². The summed E-state index contributed by atoms with van der Waals surface area (Å²) in [6.45, 7) is 3.35. The van der Waals surface area contributed by atoms with E-state index in [1.807, 2.05) is 6.92 Å². The Bertz CT molecular complexity index is 709. The van der Waals surface area contributed by atoms with Crippen molar-refractivity contribution >= 4 is 17.2 Å². The van der Waals surface area contributed by atoms with Crippen LogP contribution in [0.25, 0.3) is 0 Å². The summed E-state index contributed by atoms with van der Waals surface area (Å²) in [5, 5.41) is 4.99. The lowest BCUT2D eigenvalue weighted by Crippen LogP contribution is -2.43. The Morgan fingerprint density at radius 1 is 1.38 bits per heavy atom. The Labute approximate surface area is 144 Å². The predicted octanol–water partition coefficient (Wildman–Crippen LogP) is 2.71. The molecule has 7 nitrogen and oxygen atoms in total. The molecule has 1 aliphatic heterocycles. The van der Waals surface area contributed by atoms with Crippen LogP contribution in [0, 0.1) is 6.92 Å². The van der Waals surface area contributed by atoms with E-state index in [1.165, 1.54) is 32.1 Å². The van der Waals surface area contributed by atoms with Crippen molar-refractivity contribution < 1.29 is 14.1 Å². The second-order valence-corrected chi connectivity index (χ2v) is 7.36. The molecule has 1 saturated heterocycles. The summed E-state index contributed by atoms with van der Waals surface area (Å²) in [7, 11) is 0. The van der Waals surface area contributed by atoms with Gasteiger partial charge in [-0.2, -0.15) is 4.98 Å². The topological polar surface area (TPSA) is 81.4 Å². The molecule has 2 aliphatic rings. The van der Waals surface area contributed by atoms with Crippen LogP contribution in [0.4, 0.5) is 0 Å². The zero-order valence-corrected chi connectivity index (χ0v) is 14.4. The SMILES string of the molecule is Cc1nc(C2CCCC2)sc1C(=O)N1CCOCC1c1ncon1. The Morgan fingerprint density at radius 3 is 2.96 bits per heavy atom. The van der Waals surface area contributed by atoms with Gasteiger partial charge in [0.1, 0.15) is 10.9 Å². The quantitative estimate of drug-likeness (QED) is 0.848. The van der Waals surface area contributed by atoms with Crippen LogP contribution in [-0.2, 0) is 4.74 Å². The molecule has 3 heterocycles. The second-order valence-electron chi connectivity index (χ2n) is 6.33. The number of carbonyl (C=O) groups is 1. The van der Waals surface area contributed by atoms with Crippen molar-refractivity contribution in [3.05, 3.63) is 27.8 Å². The summed E-state index contributed by atoms with van der Waals surface area (Å²) in [4.78, 5) is 24.4. The monoisotopic (exact) mass is 348 g/mol. The van der Waals surface area contributed by atoms with Gasteiger partial charge in [-0.1, -0.05) is 18.0 Å². The highest BCUT2D eigenvalue weighted by molar-refractivity contribution is 7.13. The fourth-order valence-corrected chi connectivity index (χ4v) is 4.67. The molecule has 0 aromatic carbocycles. The van der Waals surface area contributed by atoms with Gasteiger partial charge in [0, 0.05) is 12.5 Å². The third-order valence-corrected chi connectivity index (χ3v) is 6.09. The Balaban J connectivity index is 1.59. The van der Waals surface area contributed by atoms with Gasteiger partial charge in [-0.05, 0) is 19.8 Å². The lowest BCUT2D eigenvalue weighted by molar-refractivity contribution is -0.00556. The largest absolute Gasteiger partial charge is 0.377 e. The number of aromatic nitrogens is 3. The van der Waals surface area contributed by atoms with Gasteiger partial charge in [-0.25, -0.2) is 4.98 Å². The molecule has 2 fully saturated rings. The average molecular weight is 348 g/mol. The third kappa shape index (κ3) is 2.84. The van der Waals surface area contributed by atoms with Crippen molar-refractivity contribution in [2.45, 2.75) is 44.6 Å². The van der Waals surface area contributed by atoms with E-state index < -0.39 is 0 Å². The molecule has 1 unspecified atom stereocenters. The Kier molecular flexibility index (Phi) is 4.32. The normalized spacial score (nSPS) is 22.2. The minimum Gasteiger partial charge on any atom is -0.377 e. The molecule has 0 bridgehead atoms. The second kappa shape index (κ2) is 6.60. The minimum absolute atomic E-state index is 0.00709. The van der Waals surface area contributed by atoms with Crippen LogP contribution in [0.3, 0.4) is 0 Å². The molecule has 1 amide bonds. The van der Waals surface area contributed by atoms with Gasteiger partial charge in [0.25, 0.3) is 5.91 Å². The molecule has 128 valence electrons. The Hall–Kier alpha value is -1.80. The lowest BCUT2D eigenvalue weighted by atomic mass is 10.1.